The van der Waals surface area contributed by atoms with Gasteiger partial charge in [0.25, 0.3) is 11.8 Å². The summed E-state index contributed by atoms with van der Waals surface area (Å²) >= 11 is 3.40. The van der Waals surface area contributed by atoms with E-state index in [2.05, 4.69) is 31.8 Å². The summed E-state index contributed by atoms with van der Waals surface area (Å²) in [5.41, 5.74) is 6.76. The first-order valence-electron chi connectivity index (χ1n) is 11.7. The Labute approximate surface area is 228 Å². The van der Waals surface area contributed by atoms with Crippen LogP contribution in [0, 0.1) is 13.8 Å². The lowest BCUT2D eigenvalue weighted by Gasteiger charge is -2.09. The maximum Gasteiger partial charge on any atom is 0.343 e. The first-order valence-corrected chi connectivity index (χ1v) is 12.5. The average molecular weight is 570 g/mol. The standard InChI is InChI=1S/C30H24BrN3O4/c1-19-6-10-21(11-7-19)28(35)33-26-5-3-4-23(17-26)29(36)34-32-18-24-16-25(31)14-15-27(24)38-30(37)22-12-8-20(2)9-13-22/h3-18H,1-2H3,(H,33,35)(H,34,36). The minimum atomic E-state index is -0.504. The van der Waals surface area contributed by atoms with Crippen molar-refractivity contribution in [2.24, 2.45) is 5.10 Å². The molecule has 7 nitrogen and oxygen atoms in total. The molecular formula is C30H24BrN3O4. The molecule has 4 aromatic carbocycles. The summed E-state index contributed by atoms with van der Waals surface area (Å²) in [7, 11) is 0. The maximum absolute atomic E-state index is 12.7. The summed E-state index contributed by atoms with van der Waals surface area (Å²) in [5.74, 6) is -0.961. The minimum Gasteiger partial charge on any atom is -0.422 e. The number of aryl methyl sites for hydroxylation is 2. The number of benzene rings is 4. The molecule has 4 aromatic rings. The van der Waals surface area contributed by atoms with Crippen LogP contribution < -0.4 is 15.5 Å². The highest BCUT2D eigenvalue weighted by Crippen LogP contribution is 2.23. The van der Waals surface area contributed by atoms with Crippen molar-refractivity contribution >= 4 is 45.6 Å². The summed E-state index contributed by atoms with van der Waals surface area (Å²) in [4.78, 5) is 37.8. The Kier molecular flexibility index (Phi) is 8.45. The fraction of sp³-hybridized carbons (Fsp3) is 0.0667. The van der Waals surface area contributed by atoms with Gasteiger partial charge in [0, 0.05) is 26.9 Å². The van der Waals surface area contributed by atoms with Gasteiger partial charge in [-0.1, -0.05) is 57.4 Å². The lowest BCUT2D eigenvalue weighted by Crippen LogP contribution is -2.18. The van der Waals surface area contributed by atoms with Crippen molar-refractivity contribution in [1.29, 1.82) is 0 Å². The SMILES string of the molecule is Cc1ccc(C(=O)Nc2cccc(C(=O)NN=Cc3cc(Br)ccc3OC(=O)c3ccc(C)cc3)c2)cc1. The van der Waals surface area contributed by atoms with E-state index < -0.39 is 11.9 Å². The summed E-state index contributed by atoms with van der Waals surface area (Å²) in [5, 5.41) is 6.83. The number of anilines is 1. The van der Waals surface area contributed by atoms with Gasteiger partial charge in [-0.15, -0.1) is 0 Å². The van der Waals surface area contributed by atoms with Gasteiger partial charge in [0.15, 0.2) is 0 Å². The summed E-state index contributed by atoms with van der Waals surface area (Å²) in [6.45, 7) is 3.88. The molecule has 0 atom stereocenters. The molecule has 0 saturated heterocycles. The van der Waals surface area contributed by atoms with Gasteiger partial charge in [-0.3, -0.25) is 9.59 Å². The fourth-order valence-corrected chi connectivity index (χ4v) is 3.81. The highest BCUT2D eigenvalue weighted by Gasteiger charge is 2.12. The Hall–Kier alpha value is -4.56. The van der Waals surface area contributed by atoms with Gasteiger partial charge in [-0.2, -0.15) is 5.10 Å². The molecule has 0 unspecified atom stereocenters. The monoisotopic (exact) mass is 569 g/mol. The number of ether oxygens (including phenoxy) is 1. The number of rotatable bonds is 7. The Morgan fingerprint density at radius 2 is 1.42 bits per heavy atom. The predicted molar refractivity (Wildman–Crippen MR) is 151 cm³/mol. The van der Waals surface area contributed by atoms with Gasteiger partial charge in [0.1, 0.15) is 5.75 Å². The third-order valence-electron chi connectivity index (χ3n) is 5.53. The van der Waals surface area contributed by atoms with Crippen LogP contribution in [0.3, 0.4) is 0 Å². The molecular weight excluding hydrogens is 546 g/mol. The van der Waals surface area contributed by atoms with Gasteiger partial charge in [-0.05, 0) is 74.5 Å². The number of carbonyl (C=O) groups is 3. The number of nitrogens with zero attached hydrogens (tertiary/aromatic N) is 1. The summed E-state index contributed by atoms with van der Waals surface area (Å²) in [6.07, 6.45) is 1.39. The molecule has 0 aromatic heterocycles. The van der Waals surface area contributed by atoms with Crippen molar-refractivity contribution in [3.05, 3.63) is 129 Å². The second-order valence-electron chi connectivity index (χ2n) is 8.54. The number of carbonyl (C=O) groups excluding carboxylic acids is 3. The molecule has 0 radical (unpaired) electrons. The molecule has 4 rings (SSSR count). The average Bonchev–Trinajstić information content (AvgIpc) is 2.91. The quantitative estimate of drug-likeness (QED) is 0.118. The first kappa shape index (κ1) is 26.5. The highest BCUT2D eigenvalue weighted by atomic mass is 79.9. The second kappa shape index (κ2) is 12.1. The van der Waals surface area contributed by atoms with Crippen LogP contribution >= 0.6 is 15.9 Å². The molecule has 0 saturated carbocycles. The molecule has 0 aliphatic heterocycles. The Balaban J connectivity index is 1.42. The van der Waals surface area contributed by atoms with E-state index in [0.717, 1.165) is 15.6 Å². The fourth-order valence-electron chi connectivity index (χ4n) is 3.43. The van der Waals surface area contributed by atoms with Crippen LogP contribution in [0.5, 0.6) is 5.75 Å². The van der Waals surface area contributed by atoms with E-state index in [1.807, 2.05) is 38.1 Å². The van der Waals surface area contributed by atoms with Crippen LogP contribution in [0.2, 0.25) is 0 Å². The topological polar surface area (TPSA) is 96.9 Å². The second-order valence-corrected chi connectivity index (χ2v) is 9.45. The number of amides is 2. The molecule has 0 aliphatic carbocycles. The Bertz CT molecular complexity index is 1510. The molecule has 2 N–H and O–H groups in total. The summed E-state index contributed by atoms with van der Waals surface area (Å²) in [6, 6.07) is 25.9. The third kappa shape index (κ3) is 7.02. The lowest BCUT2D eigenvalue weighted by atomic mass is 10.1. The third-order valence-corrected chi connectivity index (χ3v) is 6.02. The lowest BCUT2D eigenvalue weighted by molar-refractivity contribution is 0.0734. The smallest absolute Gasteiger partial charge is 0.343 e. The van der Waals surface area contributed by atoms with E-state index in [-0.39, 0.29) is 11.7 Å². The molecule has 0 bridgehead atoms. The molecule has 38 heavy (non-hydrogen) atoms. The largest absolute Gasteiger partial charge is 0.422 e. The summed E-state index contributed by atoms with van der Waals surface area (Å²) < 4.78 is 6.31. The van der Waals surface area contributed by atoms with Crippen LogP contribution in [0.4, 0.5) is 5.69 Å². The van der Waals surface area contributed by atoms with Crippen molar-refractivity contribution in [3.8, 4) is 5.75 Å². The molecule has 190 valence electrons. The van der Waals surface area contributed by atoms with Crippen LogP contribution in [-0.4, -0.2) is 24.0 Å². The molecule has 0 aliphatic rings. The Morgan fingerprint density at radius 1 is 0.763 bits per heavy atom. The molecule has 0 heterocycles. The van der Waals surface area contributed by atoms with E-state index in [4.69, 9.17) is 4.74 Å². The number of hydrogen-bond donors (Lipinski definition) is 2. The highest BCUT2D eigenvalue weighted by molar-refractivity contribution is 9.10. The van der Waals surface area contributed by atoms with Crippen LogP contribution in [-0.2, 0) is 0 Å². The first-order chi connectivity index (χ1) is 18.3. The van der Waals surface area contributed by atoms with Crippen molar-refractivity contribution < 1.29 is 19.1 Å². The normalized spacial score (nSPS) is 10.7. The van der Waals surface area contributed by atoms with Crippen LogP contribution in [0.15, 0.2) is 101 Å². The molecule has 0 fully saturated rings. The van der Waals surface area contributed by atoms with Crippen molar-refractivity contribution in [2.75, 3.05) is 5.32 Å². The van der Waals surface area contributed by atoms with Crippen molar-refractivity contribution in [2.45, 2.75) is 13.8 Å². The van der Waals surface area contributed by atoms with E-state index in [9.17, 15) is 14.4 Å². The van der Waals surface area contributed by atoms with Gasteiger partial charge in [-0.25, -0.2) is 10.2 Å². The van der Waals surface area contributed by atoms with Crippen molar-refractivity contribution in [3.63, 3.8) is 0 Å². The van der Waals surface area contributed by atoms with E-state index in [1.54, 1.807) is 66.7 Å². The minimum absolute atomic E-state index is 0.275. The van der Waals surface area contributed by atoms with Gasteiger partial charge in [0.05, 0.1) is 11.8 Å². The van der Waals surface area contributed by atoms with Crippen molar-refractivity contribution in [1.82, 2.24) is 5.43 Å². The number of halogens is 1. The predicted octanol–water partition coefficient (Wildman–Crippen LogP) is 6.30. The van der Waals surface area contributed by atoms with Crippen LogP contribution in [0.25, 0.3) is 0 Å². The zero-order valence-corrected chi connectivity index (χ0v) is 22.3. The van der Waals surface area contributed by atoms with E-state index in [0.29, 0.717) is 27.9 Å². The van der Waals surface area contributed by atoms with Gasteiger partial charge in [0.2, 0.25) is 0 Å². The number of hydrogen-bond acceptors (Lipinski definition) is 5. The van der Waals surface area contributed by atoms with E-state index in [1.165, 1.54) is 6.21 Å². The number of nitrogens with one attached hydrogen (secondary N) is 2. The number of hydrazone groups is 1. The zero-order valence-electron chi connectivity index (χ0n) is 20.7. The Morgan fingerprint density at radius 3 is 2.11 bits per heavy atom. The molecule has 2 amide bonds. The molecule has 0 spiro atoms. The number of esters is 1. The zero-order chi connectivity index (χ0) is 27.1. The van der Waals surface area contributed by atoms with Gasteiger partial charge >= 0.3 is 5.97 Å². The molecule has 8 heteroatoms. The van der Waals surface area contributed by atoms with Crippen LogP contribution in [0.1, 0.15) is 47.8 Å². The van der Waals surface area contributed by atoms with Gasteiger partial charge < -0.3 is 10.1 Å². The maximum atomic E-state index is 12.7. The van der Waals surface area contributed by atoms with E-state index >= 15 is 0 Å².